The molecule has 1 rings (SSSR count). The van der Waals surface area contributed by atoms with E-state index in [9.17, 15) is 4.79 Å². The van der Waals surface area contributed by atoms with Crippen LogP contribution in [0.5, 0.6) is 5.75 Å². The van der Waals surface area contributed by atoms with Crippen molar-refractivity contribution in [3.8, 4) is 5.75 Å². The van der Waals surface area contributed by atoms with Gasteiger partial charge in [0.15, 0.2) is 0 Å². The molecule has 0 bridgehead atoms. The SMILES string of the molecule is COc1ccc(NC(=O)N(C)CCC(N)C(C)C)cc1. The van der Waals surface area contributed by atoms with Crippen molar-refractivity contribution in [2.45, 2.75) is 26.3 Å². The van der Waals surface area contributed by atoms with Crippen LogP contribution in [-0.2, 0) is 0 Å². The number of hydrogen-bond acceptors (Lipinski definition) is 3. The van der Waals surface area contributed by atoms with Crippen LogP contribution in [0.1, 0.15) is 20.3 Å². The number of anilines is 1. The van der Waals surface area contributed by atoms with Crippen LogP contribution in [0.2, 0.25) is 0 Å². The molecule has 5 nitrogen and oxygen atoms in total. The Bertz CT molecular complexity index is 418. The second-order valence-electron chi connectivity index (χ2n) is 5.28. The van der Waals surface area contributed by atoms with Crippen molar-refractivity contribution in [1.82, 2.24) is 4.90 Å². The minimum Gasteiger partial charge on any atom is -0.497 e. The minimum absolute atomic E-state index is 0.117. The van der Waals surface area contributed by atoms with E-state index in [4.69, 9.17) is 10.5 Å². The first-order valence-corrected chi connectivity index (χ1v) is 6.85. The van der Waals surface area contributed by atoms with Gasteiger partial charge < -0.3 is 20.7 Å². The largest absolute Gasteiger partial charge is 0.497 e. The molecule has 1 atom stereocenters. The van der Waals surface area contributed by atoms with Crippen LogP contribution < -0.4 is 15.8 Å². The first kappa shape index (κ1) is 16.3. The highest BCUT2D eigenvalue weighted by atomic mass is 16.5. The van der Waals surface area contributed by atoms with Gasteiger partial charge in [0, 0.05) is 25.3 Å². The Morgan fingerprint density at radius 2 is 1.95 bits per heavy atom. The van der Waals surface area contributed by atoms with Crippen LogP contribution in [0.25, 0.3) is 0 Å². The molecule has 0 fully saturated rings. The predicted molar refractivity (Wildman–Crippen MR) is 82.1 cm³/mol. The Morgan fingerprint density at radius 3 is 2.45 bits per heavy atom. The van der Waals surface area contributed by atoms with Gasteiger partial charge in [0.2, 0.25) is 0 Å². The van der Waals surface area contributed by atoms with Crippen molar-refractivity contribution < 1.29 is 9.53 Å². The molecule has 2 amide bonds. The lowest BCUT2D eigenvalue weighted by molar-refractivity contribution is 0.219. The predicted octanol–water partition coefficient (Wildman–Crippen LogP) is 2.53. The van der Waals surface area contributed by atoms with E-state index >= 15 is 0 Å². The molecule has 0 aliphatic heterocycles. The lowest BCUT2D eigenvalue weighted by atomic mass is 10.0. The highest BCUT2D eigenvalue weighted by molar-refractivity contribution is 5.89. The molecule has 0 saturated heterocycles. The summed E-state index contributed by atoms with van der Waals surface area (Å²) in [5.74, 6) is 1.19. The monoisotopic (exact) mass is 279 g/mol. The van der Waals surface area contributed by atoms with Crippen molar-refractivity contribution in [2.24, 2.45) is 11.7 Å². The fourth-order valence-corrected chi connectivity index (χ4v) is 1.67. The van der Waals surface area contributed by atoms with Crippen LogP contribution >= 0.6 is 0 Å². The zero-order chi connectivity index (χ0) is 15.1. The summed E-state index contributed by atoms with van der Waals surface area (Å²) in [4.78, 5) is 13.6. The van der Waals surface area contributed by atoms with E-state index in [2.05, 4.69) is 19.2 Å². The Morgan fingerprint density at radius 1 is 1.35 bits per heavy atom. The second kappa shape index (κ2) is 7.75. The molecule has 0 heterocycles. The van der Waals surface area contributed by atoms with Gasteiger partial charge in [0.05, 0.1) is 7.11 Å². The molecule has 0 radical (unpaired) electrons. The van der Waals surface area contributed by atoms with Crippen molar-refractivity contribution in [2.75, 3.05) is 26.0 Å². The topological polar surface area (TPSA) is 67.6 Å². The van der Waals surface area contributed by atoms with Gasteiger partial charge >= 0.3 is 6.03 Å². The first-order valence-electron chi connectivity index (χ1n) is 6.85. The Hall–Kier alpha value is -1.75. The van der Waals surface area contributed by atoms with Crippen LogP contribution in [0.15, 0.2) is 24.3 Å². The summed E-state index contributed by atoms with van der Waals surface area (Å²) in [6, 6.07) is 7.22. The number of nitrogens with one attached hydrogen (secondary N) is 1. The second-order valence-corrected chi connectivity index (χ2v) is 5.28. The molecule has 1 aromatic rings. The molecular weight excluding hydrogens is 254 g/mol. The number of amides is 2. The first-order chi connectivity index (χ1) is 9.43. The van der Waals surface area contributed by atoms with E-state index in [0.717, 1.165) is 17.9 Å². The average molecular weight is 279 g/mol. The summed E-state index contributed by atoms with van der Waals surface area (Å²) in [5, 5.41) is 2.84. The van der Waals surface area contributed by atoms with Crippen molar-refractivity contribution in [3.63, 3.8) is 0 Å². The van der Waals surface area contributed by atoms with Gasteiger partial charge in [-0.3, -0.25) is 0 Å². The van der Waals surface area contributed by atoms with Crippen LogP contribution in [0.3, 0.4) is 0 Å². The van der Waals surface area contributed by atoms with Crippen molar-refractivity contribution in [1.29, 1.82) is 0 Å². The van der Waals surface area contributed by atoms with Gasteiger partial charge in [-0.2, -0.15) is 0 Å². The smallest absolute Gasteiger partial charge is 0.321 e. The number of methoxy groups -OCH3 is 1. The Kier molecular flexibility index (Phi) is 6.31. The summed E-state index contributed by atoms with van der Waals surface area (Å²) < 4.78 is 5.07. The summed E-state index contributed by atoms with van der Waals surface area (Å²) in [7, 11) is 3.38. The molecule has 0 aromatic heterocycles. The van der Waals surface area contributed by atoms with Gasteiger partial charge in [-0.15, -0.1) is 0 Å². The number of carbonyl (C=O) groups is 1. The van der Waals surface area contributed by atoms with Gasteiger partial charge in [0.25, 0.3) is 0 Å². The molecule has 3 N–H and O–H groups in total. The van der Waals surface area contributed by atoms with E-state index in [0.29, 0.717) is 12.5 Å². The fourth-order valence-electron chi connectivity index (χ4n) is 1.67. The number of carbonyl (C=O) groups excluding carboxylic acids is 1. The average Bonchev–Trinajstić information content (AvgIpc) is 2.44. The maximum atomic E-state index is 12.0. The lowest BCUT2D eigenvalue weighted by Gasteiger charge is -2.22. The number of urea groups is 1. The third-order valence-corrected chi connectivity index (χ3v) is 3.34. The lowest BCUT2D eigenvalue weighted by Crippen LogP contribution is -2.36. The minimum atomic E-state index is -0.133. The summed E-state index contributed by atoms with van der Waals surface area (Å²) >= 11 is 0. The van der Waals surface area contributed by atoms with E-state index in [-0.39, 0.29) is 12.1 Å². The molecule has 112 valence electrons. The molecule has 1 aromatic carbocycles. The number of ether oxygens (including phenoxy) is 1. The molecular formula is C15H25N3O2. The quantitative estimate of drug-likeness (QED) is 0.841. The third kappa shape index (κ3) is 5.09. The summed E-state index contributed by atoms with van der Waals surface area (Å²) in [6.45, 7) is 4.81. The van der Waals surface area contributed by atoms with Gasteiger partial charge in [-0.1, -0.05) is 13.8 Å². The van der Waals surface area contributed by atoms with Crippen molar-refractivity contribution >= 4 is 11.7 Å². The number of rotatable bonds is 6. The number of nitrogens with zero attached hydrogens (tertiary/aromatic N) is 1. The Labute approximate surface area is 121 Å². The zero-order valence-corrected chi connectivity index (χ0v) is 12.7. The molecule has 1 unspecified atom stereocenters. The van der Waals surface area contributed by atoms with Crippen LogP contribution in [0.4, 0.5) is 10.5 Å². The van der Waals surface area contributed by atoms with Crippen LogP contribution in [-0.4, -0.2) is 37.7 Å². The summed E-state index contributed by atoms with van der Waals surface area (Å²) in [5.41, 5.74) is 6.72. The van der Waals surface area contributed by atoms with Gasteiger partial charge in [0.1, 0.15) is 5.75 Å². The summed E-state index contributed by atoms with van der Waals surface area (Å²) in [6.07, 6.45) is 0.796. The van der Waals surface area contributed by atoms with Crippen molar-refractivity contribution in [3.05, 3.63) is 24.3 Å². The molecule has 20 heavy (non-hydrogen) atoms. The normalized spacial score (nSPS) is 12.1. The Balaban J connectivity index is 2.44. The van der Waals surface area contributed by atoms with Gasteiger partial charge in [-0.25, -0.2) is 4.79 Å². The van der Waals surface area contributed by atoms with E-state index < -0.39 is 0 Å². The molecule has 0 saturated carbocycles. The van der Waals surface area contributed by atoms with Gasteiger partial charge in [-0.05, 0) is 36.6 Å². The number of benzene rings is 1. The fraction of sp³-hybridized carbons (Fsp3) is 0.533. The standard InChI is InChI=1S/C15H25N3O2/c1-11(2)14(16)9-10-18(3)15(19)17-12-5-7-13(20-4)8-6-12/h5-8,11,14H,9-10,16H2,1-4H3,(H,17,19). The molecule has 5 heteroatoms. The number of nitrogens with two attached hydrogens (primary N) is 1. The highest BCUT2D eigenvalue weighted by Gasteiger charge is 2.12. The highest BCUT2D eigenvalue weighted by Crippen LogP contribution is 2.15. The zero-order valence-electron chi connectivity index (χ0n) is 12.7. The van der Waals surface area contributed by atoms with E-state index in [1.807, 2.05) is 24.3 Å². The van der Waals surface area contributed by atoms with E-state index in [1.54, 1.807) is 19.1 Å². The molecule has 0 spiro atoms. The molecule has 0 aliphatic rings. The van der Waals surface area contributed by atoms with Crippen LogP contribution in [0, 0.1) is 5.92 Å². The molecule has 0 aliphatic carbocycles. The third-order valence-electron chi connectivity index (χ3n) is 3.34. The number of hydrogen-bond donors (Lipinski definition) is 2. The maximum Gasteiger partial charge on any atom is 0.321 e. The van der Waals surface area contributed by atoms with E-state index in [1.165, 1.54) is 0 Å². The maximum absolute atomic E-state index is 12.0.